The van der Waals surface area contributed by atoms with Crippen molar-refractivity contribution in [3.8, 4) is 17.1 Å². The number of hydrogen-bond donors (Lipinski definition) is 0. The Balaban J connectivity index is 1.60. The number of amides is 1. The summed E-state index contributed by atoms with van der Waals surface area (Å²) < 4.78 is 10.4. The lowest BCUT2D eigenvalue weighted by atomic mass is 10.2. The van der Waals surface area contributed by atoms with Crippen LogP contribution >= 0.6 is 23.4 Å². The Labute approximate surface area is 172 Å². The number of aromatic nitrogens is 2. The highest BCUT2D eigenvalue weighted by Gasteiger charge is 2.21. The number of halogens is 1. The quantitative estimate of drug-likeness (QED) is 0.526. The Morgan fingerprint density at radius 1 is 1.21 bits per heavy atom. The number of nitrogens with zero attached hydrogens (tertiary/aromatic N) is 3. The maximum atomic E-state index is 12.6. The molecular formula is C20H20ClN3O3S. The second-order valence-electron chi connectivity index (χ2n) is 6.15. The minimum absolute atomic E-state index is 0.0239. The summed E-state index contributed by atoms with van der Waals surface area (Å²) >= 11 is 7.38. The maximum absolute atomic E-state index is 12.6. The van der Waals surface area contributed by atoms with E-state index < -0.39 is 0 Å². The number of hydrogen-bond acceptors (Lipinski definition) is 6. The molecule has 0 bridgehead atoms. The topological polar surface area (TPSA) is 68.5 Å². The molecule has 2 aromatic carbocycles. The Morgan fingerprint density at radius 2 is 1.89 bits per heavy atom. The average Bonchev–Trinajstić information content (AvgIpc) is 3.17. The molecule has 0 spiro atoms. The largest absolute Gasteiger partial charge is 0.497 e. The maximum Gasteiger partial charge on any atom is 0.246 e. The summed E-state index contributed by atoms with van der Waals surface area (Å²) in [5, 5.41) is 4.41. The smallest absolute Gasteiger partial charge is 0.246 e. The van der Waals surface area contributed by atoms with E-state index in [-0.39, 0.29) is 17.7 Å². The SMILES string of the molecule is COc1ccc(-c2noc(CN(C)C(=O)[C@H](C)Sc3ccc(Cl)cc3)n2)cc1. The first-order valence-corrected chi connectivity index (χ1v) is 9.86. The molecule has 0 saturated carbocycles. The molecule has 8 heteroatoms. The minimum Gasteiger partial charge on any atom is -0.497 e. The van der Waals surface area contributed by atoms with Crippen molar-refractivity contribution in [1.82, 2.24) is 15.0 Å². The Hall–Kier alpha value is -2.51. The number of thioether (sulfide) groups is 1. The number of carbonyl (C=O) groups is 1. The number of methoxy groups -OCH3 is 1. The first kappa shape index (κ1) is 20.2. The average molecular weight is 418 g/mol. The molecule has 0 N–H and O–H groups in total. The van der Waals surface area contributed by atoms with E-state index in [1.807, 2.05) is 55.5 Å². The molecule has 1 atom stereocenters. The third-order valence-electron chi connectivity index (χ3n) is 4.04. The molecule has 146 valence electrons. The fraction of sp³-hybridized carbons (Fsp3) is 0.250. The molecule has 0 saturated heterocycles. The van der Waals surface area contributed by atoms with Crippen molar-refractivity contribution in [3.05, 3.63) is 59.4 Å². The van der Waals surface area contributed by atoms with Crippen LogP contribution < -0.4 is 4.74 Å². The van der Waals surface area contributed by atoms with Gasteiger partial charge in [-0.15, -0.1) is 11.8 Å². The van der Waals surface area contributed by atoms with Gasteiger partial charge in [0.2, 0.25) is 17.6 Å². The van der Waals surface area contributed by atoms with Gasteiger partial charge in [0.15, 0.2) is 0 Å². The number of ether oxygens (including phenoxy) is 1. The first-order chi connectivity index (χ1) is 13.5. The summed E-state index contributed by atoms with van der Waals surface area (Å²) in [6, 6.07) is 14.8. The van der Waals surface area contributed by atoms with Crippen LogP contribution in [0, 0.1) is 0 Å². The van der Waals surface area contributed by atoms with Crippen LogP contribution in [0.4, 0.5) is 0 Å². The van der Waals surface area contributed by atoms with E-state index in [1.165, 1.54) is 11.8 Å². The van der Waals surface area contributed by atoms with Crippen molar-refractivity contribution >= 4 is 29.3 Å². The fourth-order valence-corrected chi connectivity index (χ4v) is 3.64. The molecule has 0 unspecified atom stereocenters. The Morgan fingerprint density at radius 3 is 2.54 bits per heavy atom. The van der Waals surface area contributed by atoms with Gasteiger partial charge >= 0.3 is 0 Å². The molecule has 1 aromatic heterocycles. The van der Waals surface area contributed by atoms with Crippen LogP contribution in [0.2, 0.25) is 5.02 Å². The lowest BCUT2D eigenvalue weighted by Crippen LogP contribution is -2.32. The predicted molar refractivity (Wildman–Crippen MR) is 110 cm³/mol. The lowest BCUT2D eigenvalue weighted by molar-refractivity contribution is -0.129. The number of benzene rings is 2. The van der Waals surface area contributed by atoms with Gasteiger partial charge in [-0.2, -0.15) is 4.98 Å². The van der Waals surface area contributed by atoms with Crippen LogP contribution in [0.15, 0.2) is 57.9 Å². The van der Waals surface area contributed by atoms with Gasteiger partial charge in [0.05, 0.1) is 18.9 Å². The zero-order chi connectivity index (χ0) is 20.1. The zero-order valence-corrected chi connectivity index (χ0v) is 17.3. The Kier molecular flexibility index (Phi) is 6.59. The number of rotatable bonds is 7. The third-order valence-corrected chi connectivity index (χ3v) is 5.39. The molecule has 0 fully saturated rings. The van der Waals surface area contributed by atoms with Gasteiger partial charge in [0, 0.05) is 22.5 Å². The van der Waals surface area contributed by atoms with Crippen molar-refractivity contribution in [3.63, 3.8) is 0 Å². The second-order valence-corrected chi connectivity index (χ2v) is 8.00. The molecule has 1 amide bonds. The molecule has 3 rings (SSSR count). The number of carbonyl (C=O) groups excluding carboxylic acids is 1. The van der Waals surface area contributed by atoms with E-state index in [4.69, 9.17) is 20.9 Å². The molecule has 3 aromatic rings. The van der Waals surface area contributed by atoms with E-state index in [2.05, 4.69) is 10.1 Å². The highest BCUT2D eigenvalue weighted by molar-refractivity contribution is 8.00. The van der Waals surface area contributed by atoms with E-state index in [0.29, 0.717) is 16.7 Å². The normalized spacial score (nSPS) is 11.9. The van der Waals surface area contributed by atoms with E-state index in [9.17, 15) is 4.79 Å². The molecule has 0 aliphatic rings. The highest BCUT2D eigenvalue weighted by atomic mass is 35.5. The summed E-state index contributed by atoms with van der Waals surface area (Å²) in [7, 11) is 3.33. The van der Waals surface area contributed by atoms with Crippen molar-refractivity contribution in [2.45, 2.75) is 23.6 Å². The van der Waals surface area contributed by atoms with Crippen LogP contribution in [-0.2, 0) is 11.3 Å². The van der Waals surface area contributed by atoms with Crippen LogP contribution in [0.3, 0.4) is 0 Å². The van der Waals surface area contributed by atoms with Crippen LogP contribution in [0.1, 0.15) is 12.8 Å². The van der Waals surface area contributed by atoms with Crippen LogP contribution in [0.5, 0.6) is 5.75 Å². The molecular weight excluding hydrogens is 398 g/mol. The second kappa shape index (κ2) is 9.12. The third kappa shape index (κ3) is 5.05. The summed E-state index contributed by atoms with van der Waals surface area (Å²) in [5.74, 6) is 1.58. The van der Waals surface area contributed by atoms with Gasteiger partial charge in [0.1, 0.15) is 5.75 Å². The van der Waals surface area contributed by atoms with Gasteiger partial charge in [-0.1, -0.05) is 16.8 Å². The lowest BCUT2D eigenvalue weighted by Gasteiger charge is -2.19. The van der Waals surface area contributed by atoms with Gasteiger partial charge < -0.3 is 14.2 Å². The van der Waals surface area contributed by atoms with Gasteiger partial charge in [-0.05, 0) is 55.5 Å². The predicted octanol–water partition coefficient (Wildman–Crippen LogP) is 4.54. The van der Waals surface area contributed by atoms with Crippen molar-refractivity contribution in [1.29, 1.82) is 0 Å². The molecule has 0 aliphatic heterocycles. The fourth-order valence-electron chi connectivity index (χ4n) is 2.54. The van der Waals surface area contributed by atoms with Crippen LogP contribution in [-0.4, -0.2) is 40.4 Å². The van der Waals surface area contributed by atoms with E-state index >= 15 is 0 Å². The summed E-state index contributed by atoms with van der Waals surface area (Å²) in [4.78, 5) is 19.6. The molecule has 28 heavy (non-hydrogen) atoms. The van der Waals surface area contributed by atoms with Crippen molar-refractivity contribution in [2.75, 3.05) is 14.2 Å². The summed E-state index contributed by atoms with van der Waals surface area (Å²) in [5.41, 5.74) is 0.816. The minimum atomic E-state index is -0.254. The molecule has 1 heterocycles. The summed E-state index contributed by atoms with van der Waals surface area (Å²) in [6.07, 6.45) is 0. The van der Waals surface area contributed by atoms with Gasteiger partial charge in [-0.25, -0.2) is 0 Å². The van der Waals surface area contributed by atoms with E-state index in [0.717, 1.165) is 16.2 Å². The summed E-state index contributed by atoms with van der Waals surface area (Å²) in [6.45, 7) is 2.11. The van der Waals surface area contributed by atoms with Gasteiger partial charge in [-0.3, -0.25) is 4.79 Å². The Bertz CT molecular complexity index is 929. The zero-order valence-electron chi connectivity index (χ0n) is 15.8. The molecule has 0 radical (unpaired) electrons. The van der Waals surface area contributed by atoms with E-state index in [1.54, 1.807) is 19.1 Å². The molecule has 0 aliphatic carbocycles. The highest BCUT2D eigenvalue weighted by Crippen LogP contribution is 2.26. The van der Waals surface area contributed by atoms with Gasteiger partial charge in [0.25, 0.3) is 0 Å². The monoisotopic (exact) mass is 417 g/mol. The van der Waals surface area contributed by atoms with Crippen molar-refractivity contribution < 1.29 is 14.1 Å². The standard InChI is InChI=1S/C20H20ClN3O3S/c1-13(28-17-10-6-15(21)7-11-17)20(25)24(2)12-18-22-19(23-27-18)14-4-8-16(26-3)9-5-14/h4-11,13H,12H2,1-3H3/t13-/m0/s1. The molecule has 6 nitrogen and oxygen atoms in total. The van der Waals surface area contributed by atoms with Crippen LogP contribution in [0.25, 0.3) is 11.4 Å². The first-order valence-electron chi connectivity index (χ1n) is 8.60. The van der Waals surface area contributed by atoms with Crippen molar-refractivity contribution in [2.24, 2.45) is 0 Å².